The van der Waals surface area contributed by atoms with Crippen LogP contribution in [0.1, 0.15) is 31.4 Å². The van der Waals surface area contributed by atoms with E-state index in [2.05, 4.69) is 20.0 Å². The van der Waals surface area contributed by atoms with Gasteiger partial charge in [-0.1, -0.05) is 0 Å². The van der Waals surface area contributed by atoms with E-state index < -0.39 is 5.69 Å². The smallest absolute Gasteiger partial charge is 0.326 e. The van der Waals surface area contributed by atoms with E-state index in [9.17, 15) is 14.7 Å². The van der Waals surface area contributed by atoms with Crippen molar-refractivity contribution < 1.29 is 9.90 Å². The van der Waals surface area contributed by atoms with Crippen molar-refractivity contribution in [3.63, 3.8) is 0 Å². The number of rotatable bonds is 4. The molecular weight excluding hydrogens is 412 g/mol. The van der Waals surface area contributed by atoms with Crippen molar-refractivity contribution in [2.24, 2.45) is 10.9 Å². The van der Waals surface area contributed by atoms with Crippen LogP contribution in [0.25, 0.3) is 11.7 Å². The van der Waals surface area contributed by atoms with E-state index in [4.69, 9.17) is 9.98 Å². The fraction of sp³-hybridized carbons (Fsp3) is 0.476. The molecule has 2 aliphatic carbocycles. The van der Waals surface area contributed by atoms with E-state index in [0.717, 1.165) is 37.0 Å². The average molecular weight is 436 g/mol. The highest BCUT2D eigenvalue weighted by molar-refractivity contribution is 5.81. The number of imidazole rings is 1. The molecule has 11 nitrogen and oxygen atoms in total. The lowest BCUT2D eigenvalue weighted by molar-refractivity contribution is -0.132. The summed E-state index contributed by atoms with van der Waals surface area (Å²) in [4.78, 5) is 42.5. The zero-order valence-corrected chi connectivity index (χ0v) is 17.5. The van der Waals surface area contributed by atoms with Crippen LogP contribution in [-0.4, -0.2) is 72.7 Å². The quantitative estimate of drug-likeness (QED) is 0.486. The molecule has 2 saturated carbocycles. The van der Waals surface area contributed by atoms with Gasteiger partial charge in [-0.2, -0.15) is 9.61 Å². The van der Waals surface area contributed by atoms with Gasteiger partial charge in [0.05, 0.1) is 12.2 Å². The molecule has 0 bridgehead atoms. The lowest BCUT2D eigenvalue weighted by Crippen LogP contribution is -2.49. The summed E-state index contributed by atoms with van der Waals surface area (Å²) in [6.07, 6.45) is 7.46. The number of aromatic amines is 2. The first-order chi connectivity index (χ1) is 15.5. The fourth-order valence-corrected chi connectivity index (χ4v) is 4.09. The van der Waals surface area contributed by atoms with Crippen LogP contribution in [0.15, 0.2) is 22.1 Å². The molecule has 1 aliphatic heterocycles. The first-order valence-corrected chi connectivity index (χ1v) is 11.0. The molecule has 0 atom stereocenters. The minimum atomic E-state index is -0.484. The second-order valence-electron chi connectivity index (χ2n) is 8.74. The first kappa shape index (κ1) is 19.1. The van der Waals surface area contributed by atoms with Crippen molar-refractivity contribution in [2.45, 2.75) is 31.7 Å². The molecule has 0 aromatic carbocycles. The number of hydrogen-bond donors (Lipinski definition) is 3. The summed E-state index contributed by atoms with van der Waals surface area (Å²) < 4.78 is 1.70. The highest BCUT2D eigenvalue weighted by Gasteiger charge is 2.34. The van der Waals surface area contributed by atoms with E-state index in [0.29, 0.717) is 43.1 Å². The van der Waals surface area contributed by atoms with Crippen LogP contribution < -0.4 is 21.3 Å². The van der Waals surface area contributed by atoms with Crippen molar-refractivity contribution in [2.75, 3.05) is 31.1 Å². The van der Waals surface area contributed by atoms with Crippen LogP contribution in [0, 0.1) is 5.92 Å². The van der Waals surface area contributed by atoms with Crippen LogP contribution in [0.2, 0.25) is 0 Å². The molecule has 1 amide bonds. The Balaban J connectivity index is 1.39. The molecule has 1 saturated heterocycles. The number of carbonyl (C=O) groups excluding carboxylic acids is 1. The molecule has 3 aromatic heterocycles. The van der Waals surface area contributed by atoms with Gasteiger partial charge in [0.15, 0.2) is 11.1 Å². The number of H-pyrrole nitrogens is 2. The Hall–Kier alpha value is -3.63. The third-order valence-electron chi connectivity index (χ3n) is 6.21. The Morgan fingerprint density at radius 2 is 1.94 bits per heavy atom. The number of aromatic hydroxyl groups is 1. The third kappa shape index (κ3) is 3.53. The fourth-order valence-electron chi connectivity index (χ4n) is 4.09. The molecule has 3 N–H and O–H groups in total. The van der Waals surface area contributed by atoms with Crippen LogP contribution >= 0.6 is 0 Å². The summed E-state index contributed by atoms with van der Waals surface area (Å²) in [5.74, 6) is 1.08. The van der Waals surface area contributed by atoms with E-state index in [1.165, 1.54) is 0 Å². The normalized spacial score (nSPS) is 20.5. The maximum atomic E-state index is 12.4. The molecule has 3 aromatic rings. The van der Waals surface area contributed by atoms with Gasteiger partial charge in [0, 0.05) is 43.4 Å². The number of fused-ring (bicyclic) bond motifs is 1. The molecular formula is C21H24N8O3. The Morgan fingerprint density at radius 1 is 1.16 bits per heavy atom. The summed E-state index contributed by atoms with van der Waals surface area (Å²) in [6, 6.07) is 2.26. The van der Waals surface area contributed by atoms with Crippen LogP contribution in [0.3, 0.4) is 0 Å². The van der Waals surface area contributed by atoms with Gasteiger partial charge in [-0.15, -0.1) is 0 Å². The van der Waals surface area contributed by atoms with E-state index in [-0.39, 0.29) is 23.4 Å². The second kappa shape index (κ2) is 7.21. The molecule has 0 spiro atoms. The van der Waals surface area contributed by atoms with E-state index >= 15 is 0 Å². The zero-order chi connectivity index (χ0) is 21.8. The predicted octanol–water partition coefficient (Wildman–Crippen LogP) is -0.879. The molecule has 32 heavy (non-hydrogen) atoms. The number of hydrogen-bond acceptors (Lipinski definition) is 7. The van der Waals surface area contributed by atoms with Crippen LogP contribution in [0.5, 0.6) is 5.88 Å². The molecule has 3 fully saturated rings. The van der Waals surface area contributed by atoms with Crippen molar-refractivity contribution in [3.8, 4) is 5.88 Å². The number of nitrogens with zero attached hydrogens (tertiary/aromatic N) is 6. The van der Waals surface area contributed by atoms with Gasteiger partial charge in [0.25, 0.3) is 0 Å². The lowest BCUT2D eigenvalue weighted by Gasteiger charge is -2.35. The van der Waals surface area contributed by atoms with Crippen molar-refractivity contribution in [1.82, 2.24) is 29.5 Å². The first-order valence-electron chi connectivity index (χ1n) is 11.0. The molecule has 166 valence electrons. The Kier molecular flexibility index (Phi) is 4.30. The number of amides is 1. The Morgan fingerprint density at radius 3 is 2.59 bits per heavy atom. The van der Waals surface area contributed by atoms with Gasteiger partial charge >= 0.3 is 5.69 Å². The van der Waals surface area contributed by atoms with Crippen molar-refractivity contribution >= 4 is 23.4 Å². The largest absolute Gasteiger partial charge is 0.493 e. The summed E-state index contributed by atoms with van der Waals surface area (Å²) in [5.41, 5.74) is 1.11. The SMILES string of the molecule is O=C(C1CC1)N1CCN(c2cc(=NC3CC3)n3nc/c(=C\c4[nH]c(=O)[nH]c4O)c3n2)CC1. The van der Waals surface area contributed by atoms with Crippen LogP contribution in [0.4, 0.5) is 5.82 Å². The standard InChI is InChI=1S/C21H24N8O3/c30-19-15(24-21(32)26-19)9-13-11-22-29-17(23-14-3-4-14)10-16(25-18(13)29)27-5-7-28(8-6-27)20(31)12-1-2-12/h9-12,14,30H,1-8H2,(H2,24,26,32)/b13-9+,23-17?. The monoisotopic (exact) mass is 436 g/mol. The van der Waals surface area contributed by atoms with Gasteiger partial charge in [-0.05, 0) is 31.8 Å². The van der Waals surface area contributed by atoms with Crippen molar-refractivity contribution in [1.29, 1.82) is 0 Å². The Bertz CT molecular complexity index is 1370. The Labute approximate surface area is 182 Å². The van der Waals surface area contributed by atoms with Gasteiger partial charge < -0.3 is 19.9 Å². The van der Waals surface area contributed by atoms with Crippen molar-refractivity contribution in [3.05, 3.63) is 39.1 Å². The molecule has 0 unspecified atom stereocenters. The van der Waals surface area contributed by atoms with Gasteiger partial charge in [0.2, 0.25) is 11.8 Å². The highest BCUT2D eigenvalue weighted by atomic mass is 16.3. The van der Waals surface area contributed by atoms with Gasteiger partial charge in [-0.25, -0.2) is 9.78 Å². The predicted molar refractivity (Wildman–Crippen MR) is 115 cm³/mol. The molecule has 11 heteroatoms. The number of anilines is 1. The summed E-state index contributed by atoms with van der Waals surface area (Å²) in [5, 5.41) is 15.0. The number of carbonyl (C=O) groups is 1. The molecule has 3 aliphatic rings. The van der Waals surface area contributed by atoms with E-state index in [1.807, 2.05) is 11.0 Å². The summed E-state index contributed by atoms with van der Waals surface area (Å²) >= 11 is 0. The summed E-state index contributed by atoms with van der Waals surface area (Å²) in [7, 11) is 0. The maximum Gasteiger partial charge on any atom is 0.326 e. The molecule has 6 rings (SSSR count). The topological polar surface area (TPSA) is 135 Å². The second-order valence-corrected chi connectivity index (χ2v) is 8.74. The zero-order valence-electron chi connectivity index (χ0n) is 17.5. The minimum absolute atomic E-state index is 0.232. The van der Waals surface area contributed by atoms with Crippen LogP contribution in [-0.2, 0) is 4.79 Å². The maximum absolute atomic E-state index is 12.4. The lowest BCUT2D eigenvalue weighted by atomic mass is 10.2. The summed E-state index contributed by atoms with van der Waals surface area (Å²) in [6.45, 7) is 2.80. The van der Waals surface area contributed by atoms with Gasteiger partial charge in [0.1, 0.15) is 11.5 Å². The highest BCUT2D eigenvalue weighted by Crippen LogP contribution is 2.31. The van der Waals surface area contributed by atoms with E-state index in [1.54, 1.807) is 16.8 Å². The number of piperazine rings is 1. The average Bonchev–Trinajstić information content (AvgIpc) is 3.71. The third-order valence-corrected chi connectivity index (χ3v) is 6.21. The molecule has 4 heterocycles. The minimum Gasteiger partial charge on any atom is -0.493 e. The number of aromatic nitrogens is 5. The number of nitrogens with one attached hydrogen (secondary N) is 2. The molecule has 0 radical (unpaired) electrons. The van der Waals surface area contributed by atoms with Gasteiger partial charge in [-0.3, -0.25) is 14.8 Å².